The Labute approximate surface area is 130 Å². The van der Waals surface area contributed by atoms with E-state index in [2.05, 4.69) is 15.2 Å². The molecule has 3 rings (SSSR count). The quantitative estimate of drug-likeness (QED) is 0.913. The Morgan fingerprint density at radius 1 is 1.45 bits per heavy atom. The molecule has 0 radical (unpaired) electrons. The highest BCUT2D eigenvalue weighted by Gasteiger charge is 2.32. The molecular weight excluding hydrogens is 302 g/mol. The number of sulfonamides is 1. The largest absolute Gasteiger partial charge is 0.339 e. The summed E-state index contributed by atoms with van der Waals surface area (Å²) in [6.45, 7) is 3.12. The first kappa shape index (κ1) is 15.2. The van der Waals surface area contributed by atoms with Crippen molar-refractivity contribution >= 4 is 10.0 Å². The lowest BCUT2D eigenvalue weighted by Crippen LogP contribution is -2.40. The lowest BCUT2D eigenvalue weighted by Gasteiger charge is -2.31. The lowest BCUT2D eigenvalue weighted by atomic mass is 9.94. The Morgan fingerprint density at radius 3 is 2.91 bits per heavy atom. The van der Waals surface area contributed by atoms with Gasteiger partial charge in [-0.2, -0.15) is 9.40 Å². The second-order valence-corrected chi connectivity index (χ2v) is 7.87. The van der Waals surface area contributed by atoms with Gasteiger partial charge in [-0.25, -0.2) is 13.4 Å². The highest BCUT2D eigenvalue weighted by Crippen LogP contribution is 2.25. The first-order valence-electron chi connectivity index (χ1n) is 7.44. The van der Waals surface area contributed by atoms with Crippen molar-refractivity contribution in [3.8, 4) is 0 Å². The number of piperidine rings is 1. The molecular formula is C14H21N5O2S. The fourth-order valence-electron chi connectivity index (χ4n) is 2.93. The Hall–Kier alpha value is -1.67. The Morgan fingerprint density at radius 2 is 2.27 bits per heavy atom. The van der Waals surface area contributed by atoms with Crippen LogP contribution in [-0.2, 0) is 23.5 Å². The van der Waals surface area contributed by atoms with Crippen molar-refractivity contribution in [2.24, 2.45) is 13.0 Å². The number of aromatic nitrogens is 4. The van der Waals surface area contributed by atoms with Crippen molar-refractivity contribution in [1.82, 2.24) is 24.1 Å². The number of imidazole rings is 1. The summed E-state index contributed by atoms with van der Waals surface area (Å²) < 4.78 is 28.5. The van der Waals surface area contributed by atoms with Gasteiger partial charge in [0.15, 0.2) is 5.03 Å². The molecule has 0 saturated carbocycles. The summed E-state index contributed by atoms with van der Waals surface area (Å²) in [6, 6.07) is 0. The third-order valence-corrected chi connectivity index (χ3v) is 5.94. The Balaban J connectivity index is 1.74. The van der Waals surface area contributed by atoms with Crippen LogP contribution in [0.2, 0.25) is 0 Å². The molecule has 1 fully saturated rings. The van der Waals surface area contributed by atoms with Gasteiger partial charge in [0, 0.05) is 32.0 Å². The summed E-state index contributed by atoms with van der Waals surface area (Å²) in [5.41, 5.74) is 2.23. The molecule has 1 N–H and O–H groups in total. The van der Waals surface area contributed by atoms with Crippen LogP contribution < -0.4 is 0 Å². The standard InChI is InChI=1S/C14H21N5O2S/c1-11-7-16-17-13(11)6-12-4-3-5-19(8-12)22(20,21)14-9-18(2)10-15-14/h7,9-10,12H,3-6,8H2,1-2H3,(H,16,17)/t12-/m0/s1. The molecule has 0 amide bonds. The number of hydrogen-bond donors (Lipinski definition) is 1. The maximum Gasteiger partial charge on any atom is 0.262 e. The monoisotopic (exact) mass is 323 g/mol. The molecule has 2 aromatic heterocycles. The minimum absolute atomic E-state index is 0.133. The molecule has 3 heterocycles. The minimum Gasteiger partial charge on any atom is -0.339 e. The van der Waals surface area contributed by atoms with E-state index in [0.29, 0.717) is 19.0 Å². The third-order valence-electron chi connectivity index (χ3n) is 4.19. The molecule has 0 spiro atoms. The van der Waals surface area contributed by atoms with E-state index in [1.54, 1.807) is 28.3 Å². The summed E-state index contributed by atoms with van der Waals surface area (Å²) in [4.78, 5) is 3.99. The van der Waals surface area contributed by atoms with Gasteiger partial charge in [-0.05, 0) is 37.7 Å². The van der Waals surface area contributed by atoms with E-state index in [9.17, 15) is 8.42 Å². The second-order valence-electron chi connectivity index (χ2n) is 5.98. The van der Waals surface area contributed by atoms with Crippen molar-refractivity contribution in [2.45, 2.75) is 31.2 Å². The maximum atomic E-state index is 12.6. The highest BCUT2D eigenvalue weighted by molar-refractivity contribution is 7.89. The van der Waals surface area contributed by atoms with Crippen LogP contribution >= 0.6 is 0 Å². The van der Waals surface area contributed by atoms with Gasteiger partial charge >= 0.3 is 0 Å². The number of nitrogens with one attached hydrogen (secondary N) is 1. The van der Waals surface area contributed by atoms with E-state index in [-0.39, 0.29) is 5.03 Å². The summed E-state index contributed by atoms with van der Waals surface area (Å²) >= 11 is 0. The van der Waals surface area contributed by atoms with Gasteiger partial charge in [-0.15, -0.1) is 0 Å². The fraction of sp³-hybridized carbons (Fsp3) is 0.571. The van der Waals surface area contributed by atoms with Gasteiger partial charge in [-0.3, -0.25) is 5.10 Å². The normalized spacial score (nSPS) is 20.4. The number of rotatable bonds is 4. The number of nitrogens with zero attached hydrogens (tertiary/aromatic N) is 4. The molecule has 1 saturated heterocycles. The van der Waals surface area contributed by atoms with Crippen LogP contribution in [0.3, 0.4) is 0 Å². The first-order chi connectivity index (χ1) is 10.5. The van der Waals surface area contributed by atoms with Crippen molar-refractivity contribution < 1.29 is 8.42 Å². The molecule has 0 unspecified atom stereocenters. The SMILES string of the molecule is Cc1cn[nH]c1C[C@@H]1CCCN(S(=O)(=O)c2cn(C)cn2)C1. The smallest absolute Gasteiger partial charge is 0.262 e. The summed E-state index contributed by atoms with van der Waals surface area (Å²) in [7, 11) is -1.72. The summed E-state index contributed by atoms with van der Waals surface area (Å²) in [5.74, 6) is 0.311. The van der Waals surface area contributed by atoms with Crippen LogP contribution in [0.25, 0.3) is 0 Å². The molecule has 1 aliphatic rings. The molecule has 22 heavy (non-hydrogen) atoms. The van der Waals surface area contributed by atoms with Crippen LogP contribution in [0.15, 0.2) is 23.7 Å². The molecule has 7 nitrogen and oxygen atoms in total. The Bertz CT molecular complexity index is 749. The van der Waals surface area contributed by atoms with Crippen LogP contribution in [0.1, 0.15) is 24.1 Å². The average molecular weight is 323 g/mol. The minimum atomic E-state index is -3.49. The Kier molecular flexibility index (Phi) is 4.05. The molecule has 0 aliphatic carbocycles. The molecule has 120 valence electrons. The highest BCUT2D eigenvalue weighted by atomic mass is 32.2. The maximum absolute atomic E-state index is 12.6. The summed E-state index contributed by atoms with van der Waals surface area (Å²) in [6.07, 6.45) is 7.62. The van der Waals surface area contributed by atoms with Gasteiger partial charge < -0.3 is 4.57 Å². The van der Waals surface area contributed by atoms with E-state index in [4.69, 9.17) is 0 Å². The van der Waals surface area contributed by atoms with E-state index < -0.39 is 10.0 Å². The van der Waals surface area contributed by atoms with Gasteiger partial charge in [-0.1, -0.05) is 0 Å². The van der Waals surface area contributed by atoms with Crippen molar-refractivity contribution in [1.29, 1.82) is 0 Å². The van der Waals surface area contributed by atoms with Gasteiger partial charge in [0.2, 0.25) is 0 Å². The second kappa shape index (κ2) is 5.85. The van der Waals surface area contributed by atoms with Gasteiger partial charge in [0.05, 0.1) is 12.5 Å². The number of aryl methyl sites for hydroxylation is 2. The molecule has 2 aromatic rings. The zero-order chi connectivity index (χ0) is 15.7. The number of hydrogen-bond acceptors (Lipinski definition) is 4. The van der Waals surface area contributed by atoms with E-state index in [1.807, 2.05) is 6.92 Å². The van der Waals surface area contributed by atoms with Crippen molar-refractivity contribution in [3.63, 3.8) is 0 Å². The van der Waals surface area contributed by atoms with E-state index in [0.717, 1.165) is 30.5 Å². The average Bonchev–Trinajstić information content (AvgIpc) is 3.09. The van der Waals surface area contributed by atoms with Crippen LogP contribution in [0.4, 0.5) is 0 Å². The van der Waals surface area contributed by atoms with Crippen LogP contribution in [-0.4, -0.2) is 45.6 Å². The molecule has 0 aromatic carbocycles. The first-order valence-corrected chi connectivity index (χ1v) is 8.88. The summed E-state index contributed by atoms with van der Waals surface area (Å²) in [5, 5.41) is 7.18. The third kappa shape index (κ3) is 2.93. The van der Waals surface area contributed by atoms with E-state index in [1.165, 1.54) is 6.33 Å². The molecule has 0 bridgehead atoms. The fourth-order valence-corrected chi connectivity index (χ4v) is 4.46. The number of H-pyrrole nitrogens is 1. The molecule has 8 heteroatoms. The number of aromatic amines is 1. The topological polar surface area (TPSA) is 83.9 Å². The van der Waals surface area contributed by atoms with Gasteiger partial charge in [0.25, 0.3) is 10.0 Å². The zero-order valence-corrected chi connectivity index (χ0v) is 13.7. The van der Waals surface area contributed by atoms with Crippen molar-refractivity contribution in [2.75, 3.05) is 13.1 Å². The lowest BCUT2D eigenvalue weighted by molar-refractivity contribution is 0.263. The predicted molar refractivity (Wildman–Crippen MR) is 81.7 cm³/mol. The van der Waals surface area contributed by atoms with Crippen LogP contribution in [0, 0.1) is 12.8 Å². The molecule has 1 aliphatic heterocycles. The zero-order valence-electron chi connectivity index (χ0n) is 12.9. The predicted octanol–water partition coefficient (Wildman–Crippen LogP) is 1.10. The van der Waals surface area contributed by atoms with Crippen molar-refractivity contribution in [3.05, 3.63) is 30.0 Å². The molecule has 1 atom stereocenters. The van der Waals surface area contributed by atoms with E-state index >= 15 is 0 Å². The van der Waals surface area contributed by atoms with Gasteiger partial charge in [0.1, 0.15) is 0 Å². The van der Waals surface area contributed by atoms with Crippen LogP contribution in [0.5, 0.6) is 0 Å².